The standard InChI is InChI=1S/C20H23N7O2/c28-15-13-26-11-5-2-8-18(26)22-24-20(17-7-1-4-10-21-17)25-23-19-9-3-6-12-27(19)14-16-29/h1-12,28-29H,13-16H2,(H,24,25)/p+1. The smallest absolute Gasteiger partial charge is 0.299 e. The number of nitrogens with zero attached hydrogens (tertiary/aromatic N) is 5. The van der Waals surface area contributed by atoms with E-state index in [-0.39, 0.29) is 13.2 Å². The molecule has 3 heterocycles. The molecule has 0 saturated carbocycles. The summed E-state index contributed by atoms with van der Waals surface area (Å²) in [5, 5.41) is 27.3. The Balaban J connectivity index is 1.91. The van der Waals surface area contributed by atoms with Gasteiger partial charge in [-0.15, -0.1) is 5.43 Å². The predicted molar refractivity (Wildman–Crippen MR) is 108 cm³/mol. The van der Waals surface area contributed by atoms with Crippen molar-refractivity contribution in [1.29, 1.82) is 0 Å². The summed E-state index contributed by atoms with van der Waals surface area (Å²) in [6, 6.07) is 16.7. The fourth-order valence-corrected chi connectivity index (χ4v) is 2.61. The number of rotatable bonds is 8. The fraction of sp³-hybridized carbons (Fsp3) is 0.200. The van der Waals surface area contributed by atoms with Crippen LogP contribution in [0.3, 0.4) is 0 Å². The number of anilines is 1. The lowest BCUT2D eigenvalue weighted by atomic mass is 10.3. The molecule has 9 heteroatoms. The number of amidine groups is 1. The van der Waals surface area contributed by atoms with Crippen LogP contribution in [-0.4, -0.2) is 38.8 Å². The van der Waals surface area contributed by atoms with E-state index in [9.17, 15) is 10.2 Å². The number of hydrazone groups is 1. The van der Waals surface area contributed by atoms with Crippen LogP contribution in [-0.2, 0) is 13.1 Å². The van der Waals surface area contributed by atoms with E-state index >= 15 is 0 Å². The van der Waals surface area contributed by atoms with Crippen molar-refractivity contribution < 1.29 is 14.8 Å². The van der Waals surface area contributed by atoms with Gasteiger partial charge in [0, 0.05) is 25.0 Å². The molecule has 3 rings (SSSR count). The number of aromatic nitrogens is 3. The zero-order chi connectivity index (χ0) is 20.3. The Bertz CT molecular complexity index is 1000. The lowest BCUT2D eigenvalue weighted by Gasteiger charge is -2.07. The van der Waals surface area contributed by atoms with Crippen LogP contribution in [0.5, 0.6) is 0 Å². The van der Waals surface area contributed by atoms with Crippen LogP contribution in [0.2, 0.25) is 0 Å². The molecular formula is C20H24N7O2+. The van der Waals surface area contributed by atoms with Crippen LogP contribution < -0.4 is 20.9 Å². The number of aliphatic hydroxyl groups excluding tert-OH is 2. The maximum atomic E-state index is 9.24. The van der Waals surface area contributed by atoms with Crippen molar-refractivity contribution in [3.63, 3.8) is 0 Å². The van der Waals surface area contributed by atoms with Crippen LogP contribution in [0.25, 0.3) is 0 Å². The van der Waals surface area contributed by atoms with Crippen LogP contribution in [0.1, 0.15) is 5.69 Å². The SMILES string of the molecule is OCCn1ccccc1=NNC(=NNc1cccc[n+]1CCO)c1ccccn1. The molecule has 0 spiro atoms. The highest BCUT2D eigenvalue weighted by Crippen LogP contribution is 2.01. The van der Waals surface area contributed by atoms with Crippen LogP contribution in [0.4, 0.5) is 5.82 Å². The van der Waals surface area contributed by atoms with Crippen molar-refractivity contribution in [3.8, 4) is 0 Å². The number of hydrogen-bond acceptors (Lipinski definition) is 6. The molecule has 29 heavy (non-hydrogen) atoms. The summed E-state index contributed by atoms with van der Waals surface area (Å²) in [6.45, 7) is 0.910. The minimum Gasteiger partial charge on any atom is -0.395 e. The largest absolute Gasteiger partial charge is 0.395 e. The van der Waals surface area contributed by atoms with Gasteiger partial charge in [-0.25, -0.2) is 4.57 Å². The highest BCUT2D eigenvalue weighted by molar-refractivity contribution is 5.97. The molecule has 0 atom stereocenters. The van der Waals surface area contributed by atoms with Crippen LogP contribution >= 0.6 is 0 Å². The summed E-state index contributed by atoms with van der Waals surface area (Å²) < 4.78 is 3.67. The second-order valence-electron chi connectivity index (χ2n) is 5.99. The number of aliphatic hydroxyl groups is 2. The van der Waals surface area contributed by atoms with E-state index in [0.717, 1.165) is 0 Å². The van der Waals surface area contributed by atoms with Crippen molar-refractivity contribution >= 4 is 11.7 Å². The Morgan fingerprint density at radius 3 is 2.69 bits per heavy atom. The second-order valence-corrected chi connectivity index (χ2v) is 5.99. The lowest BCUT2D eigenvalue weighted by molar-refractivity contribution is -0.684. The molecule has 0 radical (unpaired) electrons. The van der Waals surface area contributed by atoms with E-state index in [0.29, 0.717) is 35.9 Å². The molecule has 3 aromatic rings. The summed E-state index contributed by atoms with van der Waals surface area (Å²) in [5.41, 5.74) is 7.21. The Labute approximate surface area is 168 Å². The minimum absolute atomic E-state index is 0.0127. The van der Waals surface area contributed by atoms with Gasteiger partial charge in [0.2, 0.25) is 5.84 Å². The van der Waals surface area contributed by atoms with E-state index in [4.69, 9.17) is 0 Å². The lowest BCUT2D eigenvalue weighted by Crippen LogP contribution is -2.38. The van der Waals surface area contributed by atoms with Crippen molar-refractivity contribution in [2.24, 2.45) is 10.2 Å². The first-order chi connectivity index (χ1) is 14.3. The van der Waals surface area contributed by atoms with E-state index in [1.807, 2.05) is 76.1 Å². The second kappa shape index (κ2) is 10.7. The zero-order valence-corrected chi connectivity index (χ0v) is 15.9. The van der Waals surface area contributed by atoms with Gasteiger partial charge in [0.05, 0.1) is 19.4 Å². The highest BCUT2D eigenvalue weighted by Gasteiger charge is 2.10. The molecule has 0 saturated heterocycles. The monoisotopic (exact) mass is 394 g/mol. The summed E-state index contributed by atoms with van der Waals surface area (Å²) >= 11 is 0. The molecular weight excluding hydrogens is 370 g/mol. The van der Waals surface area contributed by atoms with E-state index in [1.165, 1.54) is 0 Å². The van der Waals surface area contributed by atoms with Crippen molar-refractivity contribution in [2.75, 3.05) is 18.6 Å². The van der Waals surface area contributed by atoms with Gasteiger partial charge in [0.15, 0.2) is 5.49 Å². The van der Waals surface area contributed by atoms with Gasteiger partial charge in [-0.05, 0) is 30.3 Å². The molecule has 4 N–H and O–H groups in total. The quantitative estimate of drug-likeness (QED) is 0.187. The van der Waals surface area contributed by atoms with Crippen molar-refractivity contribution in [1.82, 2.24) is 15.0 Å². The summed E-state index contributed by atoms with van der Waals surface area (Å²) in [5.74, 6) is 1.14. The predicted octanol–water partition coefficient (Wildman–Crippen LogP) is 0.0344. The molecule has 0 unspecified atom stereocenters. The molecule has 0 amide bonds. The molecule has 0 aliphatic heterocycles. The Morgan fingerprint density at radius 2 is 1.90 bits per heavy atom. The molecule has 0 fully saturated rings. The Hall–Kier alpha value is -3.56. The molecule has 0 bridgehead atoms. The average Bonchev–Trinajstić information content (AvgIpc) is 2.77. The van der Waals surface area contributed by atoms with Crippen LogP contribution in [0, 0.1) is 0 Å². The zero-order valence-electron chi connectivity index (χ0n) is 15.9. The molecule has 3 aromatic heterocycles. The van der Waals surface area contributed by atoms with Gasteiger partial charge in [-0.3, -0.25) is 10.4 Å². The third-order valence-electron chi connectivity index (χ3n) is 4.01. The fourth-order valence-electron chi connectivity index (χ4n) is 2.61. The number of pyridine rings is 3. The topological polar surface area (TPSA) is 111 Å². The van der Waals surface area contributed by atoms with E-state index in [2.05, 4.69) is 26.0 Å². The molecule has 0 aromatic carbocycles. The Kier molecular flexibility index (Phi) is 7.44. The highest BCUT2D eigenvalue weighted by atomic mass is 16.3. The molecule has 150 valence electrons. The van der Waals surface area contributed by atoms with Gasteiger partial charge in [-0.1, -0.05) is 23.3 Å². The molecule has 0 aliphatic rings. The first kappa shape index (κ1) is 20.2. The first-order valence-corrected chi connectivity index (χ1v) is 9.22. The van der Waals surface area contributed by atoms with E-state index < -0.39 is 0 Å². The third kappa shape index (κ3) is 5.71. The average molecular weight is 394 g/mol. The van der Waals surface area contributed by atoms with Crippen molar-refractivity contribution in [3.05, 3.63) is 84.4 Å². The van der Waals surface area contributed by atoms with Gasteiger partial charge in [0.1, 0.15) is 12.2 Å². The van der Waals surface area contributed by atoms with Gasteiger partial charge in [0.25, 0.3) is 5.82 Å². The van der Waals surface area contributed by atoms with Gasteiger partial charge in [-0.2, -0.15) is 5.10 Å². The Morgan fingerprint density at radius 1 is 1.03 bits per heavy atom. The summed E-state index contributed by atoms with van der Waals surface area (Å²) in [4.78, 5) is 4.33. The number of hydrogen-bond donors (Lipinski definition) is 4. The third-order valence-corrected chi connectivity index (χ3v) is 4.01. The first-order valence-electron chi connectivity index (χ1n) is 9.22. The normalized spacial score (nSPS) is 12.1. The molecule has 0 aliphatic carbocycles. The maximum Gasteiger partial charge on any atom is 0.299 e. The minimum atomic E-state index is 0.0127. The van der Waals surface area contributed by atoms with Gasteiger partial charge >= 0.3 is 0 Å². The van der Waals surface area contributed by atoms with Gasteiger partial charge < -0.3 is 14.8 Å². The maximum absolute atomic E-state index is 9.24. The van der Waals surface area contributed by atoms with Crippen molar-refractivity contribution in [2.45, 2.75) is 13.1 Å². The number of nitrogens with one attached hydrogen (secondary N) is 2. The van der Waals surface area contributed by atoms with Crippen LogP contribution in [0.15, 0.2) is 83.4 Å². The summed E-state index contributed by atoms with van der Waals surface area (Å²) in [7, 11) is 0. The van der Waals surface area contributed by atoms with E-state index in [1.54, 1.807) is 6.20 Å². The molecule has 9 nitrogen and oxygen atoms in total. The summed E-state index contributed by atoms with van der Waals surface area (Å²) in [6.07, 6.45) is 5.37.